The van der Waals surface area contributed by atoms with Crippen molar-refractivity contribution in [2.75, 3.05) is 6.61 Å². The summed E-state index contributed by atoms with van der Waals surface area (Å²) in [5.74, 6) is 0.308. The SMILES string of the molecule is OCCc1csc2cccc(O)c12. The van der Waals surface area contributed by atoms with Crippen molar-refractivity contribution in [1.82, 2.24) is 0 Å². The van der Waals surface area contributed by atoms with Gasteiger partial charge in [0.15, 0.2) is 0 Å². The van der Waals surface area contributed by atoms with Crippen molar-refractivity contribution in [3.8, 4) is 5.75 Å². The van der Waals surface area contributed by atoms with E-state index in [0.717, 1.165) is 15.6 Å². The van der Waals surface area contributed by atoms with Crippen LogP contribution in [0.3, 0.4) is 0 Å². The van der Waals surface area contributed by atoms with Crippen molar-refractivity contribution < 1.29 is 10.2 Å². The molecule has 0 saturated carbocycles. The van der Waals surface area contributed by atoms with Crippen LogP contribution in [0.15, 0.2) is 23.6 Å². The van der Waals surface area contributed by atoms with Crippen molar-refractivity contribution >= 4 is 21.4 Å². The Labute approximate surface area is 80.1 Å². The lowest BCUT2D eigenvalue weighted by molar-refractivity contribution is 0.300. The lowest BCUT2D eigenvalue weighted by Crippen LogP contribution is -1.88. The van der Waals surface area contributed by atoms with E-state index in [-0.39, 0.29) is 6.61 Å². The molecular formula is C10H10O2S. The van der Waals surface area contributed by atoms with Gasteiger partial charge in [0.05, 0.1) is 0 Å². The molecule has 0 unspecified atom stereocenters. The van der Waals surface area contributed by atoms with Crippen molar-refractivity contribution in [2.45, 2.75) is 6.42 Å². The Morgan fingerprint density at radius 2 is 2.15 bits per heavy atom. The van der Waals surface area contributed by atoms with Crippen molar-refractivity contribution in [2.24, 2.45) is 0 Å². The van der Waals surface area contributed by atoms with Gasteiger partial charge in [0.25, 0.3) is 0 Å². The van der Waals surface area contributed by atoms with Gasteiger partial charge in [0.2, 0.25) is 0 Å². The van der Waals surface area contributed by atoms with Gasteiger partial charge in [-0.15, -0.1) is 11.3 Å². The van der Waals surface area contributed by atoms with Crippen LogP contribution < -0.4 is 0 Å². The summed E-state index contributed by atoms with van der Waals surface area (Å²) in [6, 6.07) is 5.48. The van der Waals surface area contributed by atoms with Crippen LogP contribution in [0, 0.1) is 0 Å². The second kappa shape index (κ2) is 3.36. The summed E-state index contributed by atoms with van der Waals surface area (Å²) in [6.07, 6.45) is 0.609. The highest BCUT2D eigenvalue weighted by Gasteiger charge is 2.06. The summed E-state index contributed by atoms with van der Waals surface area (Å²) >= 11 is 1.60. The van der Waals surface area contributed by atoms with Gasteiger partial charge in [0.1, 0.15) is 5.75 Å². The highest BCUT2D eigenvalue weighted by Crippen LogP contribution is 2.32. The molecule has 0 bridgehead atoms. The Balaban J connectivity index is 2.64. The lowest BCUT2D eigenvalue weighted by Gasteiger charge is -1.98. The number of aromatic hydroxyl groups is 1. The zero-order valence-corrected chi connectivity index (χ0v) is 7.84. The van der Waals surface area contributed by atoms with E-state index < -0.39 is 0 Å². The maximum Gasteiger partial charge on any atom is 0.124 e. The minimum atomic E-state index is 0.125. The van der Waals surface area contributed by atoms with E-state index in [1.807, 2.05) is 17.5 Å². The third-order valence-corrected chi connectivity index (χ3v) is 3.03. The van der Waals surface area contributed by atoms with Gasteiger partial charge in [-0.3, -0.25) is 0 Å². The predicted octanol–water partition coefficient (Wildman–Crippen LogP) is 2.14. The summed E-state index contributed by atoms with van der Waals surface area (Å²) in [7, 11) is 0. The Morgan fingerprint density at radius 3 is 2.92 bits per heavy atom. The molecule has 2 nitrogen and oxygen atoms in total. The van der Waals surface area contributed by atoms with E-state index in [1.165, 1.54) is 0 Å². The molecule has 0 saturated heterocycles. The molecule has 0 radical (unpaired) electrons. The van der Waals surface area contributed by atoms with Crippen LogP contribution in [-0.4, -0.2) is 16.8 Å². The molecule has 0 fully saturated rings. The molecule has 2 aromatic rings. The second-order valence-electron chi connectivity index (χ2n) is 2.88. The molecule has 0 spiro atoms. The van der Waals surface area contributed by atoms with Gasteiger partial charge in [-0.25, -0.2) is 0 Å². The normalized spacial score (nSPS) is 10.8. The standard InChI is InChI=1S/C10H10O2S/c11-5-4-7-6-13-9-3-1-2-8(12)10(7)9/h1-3,6,11-12H,4-5H2. The second-order valence-corrected chi connectivity index (χ2v) is 3.80. The van der Waals surface area contributed by atoms with Gasteiger partial charge >= 0.3 is 0 Å². The zero-order chi connectivity index (χ0) is 9.26. The maximum absolute atomic E-state index is 9.59. The minimum absolute atomic E-state index is 0.125. The molecule has 0 aliphatic heterocycles. The van der Waals surface area contributed by atoms with Crippen LogP contribution in [0.5, 0.6) is 5.75 Å². The molecular weight excluding hydrogens is 184 g/mol. The number of rotatable bonds is 2. The molecule has 0 atom stereocenters. The van der Waals surface area contributed by atoms with Crippen molar-refractivity contribution in [1.29, 1.82) is 0 Å². The summed E-state index contributed by atoms with van der Waals surface area (Å²) < 4.78 is 1.07. The molecule has 3 heteroatoms. The van der Waals surface area contributed by atoms with Gasteiger partial charge in [0, 0.05) is 16.7 Å². The first-order valence-corrected chi connectivity index (χ1v) is 5.00. The first-order valence-electron chi connectivity index (χ1n) is 4.12. The molecule has 13 heavy (non-hydrogen) atoms. The van der Waals surface area contributed by atoms with Crippen molar-refractivity contribution in [3.63, 3.8) is 0 Å². The van der Waals surface area contributed by atoms with Crippen LogP contribution in [0.25, 0.3) is 10.1 Å². The summed E-state index contributed by atoms with van der Waals surface area (Å²) in [6.45, 7) is 0.125. The number of fused-ring (bicyclic) bond motifs is 1. The van der Waals surface area contributed by atoms with Gasteiger partial charge in [-0.05, 0) is 29.5 Å². The zero-order valence-electron chi connectivity index (χ0n) is 7.03. The van der Waals surface area contributed by atoms with E-state index in [9.17, 15) is 5.11 Å². The molecule has 0 aliphatic carbocycles. The summed E-state index contributed by atoms with van der Waals surface area (Å²) in [4.78, 5) is 0. The number of hydrogen-bond donors (Lipinski definition) is 2. The van der Waals surface area contributed by atoms with Crippen LogP contribution in [0.4, 0.5) is 0 Å². The van der Waals surface area contributed by atoms with Crippen LogP contribution in [-0.2, 0) is 6.42 Å². The average molecular weight is 194 g/mol. The number of phenolic OH excluding ortho intramolecular Hbond substituents is 1. The van der Waals surface area contributed by atoms with Crippen molar-refractivity contribution in [3.05, 3.63) is 29.1 Å². The smallest absolute Gasteiger partial charge is 0.124 e. The number of phenols is 1. The Hall–Kier alpha value is -1.06. The quantitative estimate of drug-likeness (QED) is 0.769. The average Bonchev–Trinajstić information content (AvgIpc) is 2.51. The molecule has 1 aromatic carbocycles. The first-order chi connectivity index (χ1) is 6.33. The predicted molar refractivity (Wildman–Crippen MR) is 54.3 cm³/mol. The topological polar surface area (TPSA) is 40.5 Å². The van der Waals surface area contributed by atoms with E-state index in [4.69, 9.17) is 5.11 Å². The van der Waals surface area contributed by atoms with Crippen LogP contribution >= 0.6 is 11.3 Å². The largest absolute Gasteiger partial charge is 0.507 e. The molecule has 68 valence electrons. The number of aliphatic hydroxyl groups excluding tert-OH is 1. The number of aliphatic hydroxyl groups is 1. The van der Waals surface area contributed by atoms with Gasteiger partial charge < -0.3 is 10.2 Å². The molecule has 1 aromatic heterocycles. The Morgan fingerprint density at radius 1 is 1.31 bits per heavy atom. The summed E-state index contributed by atoms with van der Waals surface area (Å²) in [5.41, 5.74) is 1.03. The Bertz CT molecular complexity index is 420. The minimum Gasteiger partial charge on any atom is -0.507 e. The first kappa shape index (κ1) is 8.53. The number of hydrogen-bond acceptors (Lipinski definition) is 3. The maximum atomic E-state index is 9.59. The third-order valence-electron chi connectivity index (χ3n) is 2.03. The fourth-order valence-corrected chi connectivity index (χ4v) is 2.45. The molecule has 2 N–H and O–H groups in total. The fourth-order valence-electron chi connectivity index (χ4n) is 1.44. The van der Waals surface area contributed by atoms with E-state index in [0.29, 0.717) is 12.2 Å². The highest BCUT2D eigenvalue weighted by atomic mass is 32.1. The monoisotopic (exact) mass is 194 g/mol. The Kier molecular flexibility index (Phi) is 2.20. The van der Waals surface area contributed by atoms with Crippen LogP contribution in [0.1, 0.15) is 5.56 Å². The van der Waals surface area contributed by atoms with Crippen LogP contribution in [0.2, 0.25) is 0 Å². The van der Waals surface area contributed by atoms with E-state index in [2.05, 4.69) is 0 Å². The molecule has 0 aliphatic rings. The molecule has 2 rings (SSSR count). The molecule has 1 heterocycles. The summed E-state index contributed by atoms with van der Waals surface area (Å²) in [5, 5.41) is 21.3. The third kappa shape index (κ3) is 1.41. The highest BCUT2D eigenvalue weighted by molar-refractivity contribution is 7.17. The number of thiophene rings is 1. The van der Waals surface area contributed by atoms with E-state index in [1.54, 1.807) is 17.4 Å². The van der Waals surface area contributed by atoms with Gasteiger partial charge in [-0.1, -0.05) is 6.07 Å². The molecule has 0 amide bonds. The number of benzene rings is 1. The van der Waals surface area contributed by atoms with E-state index >= 15 is 0 Å². The lowest BCUT2D eigenvalue weighted by atomic mass is 10.1. The van der Waals surface area contributed by atoms with Gasteiger partial charge in [-0.2, -0.15) is 0 Å². The fraction of sp³-hybridized carbons (Fsp3) is 0.200.